The lowest BCUT2D eigenvalue weighted by molar-refractivity contribution is -0.144. The van der Waals surface area contributed by atoms with Gasteiger partial charge in [-0.15, -0.1) is 0 Å². The second-order valence-electron chi connectivity index (χ2n) is 6.44. The number of amides is 2. The Bertz CT molecular complexity index is 786. The van der Waals surface area contributed by atoms with E-state index in [1.807, 2.05) is 13.0 Å². The monoisotopic (exact) mass is 402 g/mol. The van der Waals surface area contributed by atoms with Crippen LogP contribution in [-0.4, -0.2) is 62.9 Å². The minimum atomic E-state index is -3.19. The highest BCUT2D eigenvalue weighted by molar-refractivity contribution is 7.91. The highest BCUT2D eigenvalue weighted by atomic mass is 35.5. The Kier molecular flexibility index (Phi) is 6.65. The van der Waals surface area contributed by atoms with Crippen LogP contribution in [0, 0.1) is 13.8 Å². The predicted molar refractivity (Wildman–Crippen MR) is 100 cm³/mol. The lowest BCUT2D eigenvalue weighted by Gasteiger charge is -2.27. The van der Waals surface area contributed by atoms with E-state index in [0.717, 1.165) is 11.1 Å². The zero-order chi connectivity index (χ0) is 19.5. The number of nitrogens with zero attached hydrogens (tertiary/aromatic N) is 1. The maximum absolute atomic E-state index is 12.7. The number of ether oxygens (including phenoxy) is 1. The van der Waals surface area contributed by atoms with Crippen LogP contribution in [0.4, 0.5) is 5.69 Å². The van der Waals surface area contributed by atoms with E-state index in [1.54, 1.807) is 13.0 Å². The Morgan fingerprint density at radius 1 is 1.35 bits per heavy atom. The molecule has 1 heterocycles. The first-order valence-corrected chi connectivity index (χ1v) is 10.4. The van der Waals surface area contributed by atoms with Crippen molar-refractivity contribution in [1.82, 2.24) is 4.90 Å². The van der Waals surface area contributed by atoms with E-state index in [4.69, 9.17) is 16.3 Å². The quantitative estimate of drug-likeness (QED) is 0.754. The van der Waals surface area contributed by atoms with E-state index >= 15 is 0 Å². The molecule has 1 aromatic rings. The average Bonchev–Trinajstić information content (AvgIpc) is 2.90. The van der Waals surface area contributed by atoms with Crippen LogP contribution in [0.25, 0.3) is 0 Å². The largest absolute Gasteiger partial charge is 0.383 e. The number of benzene rings is 1. The third-order valence-corrected chi connectivity index (χ3v) is 6.36. The summed E-state index contributed by atoms with van der Waals surface area (Å²) in [6, 6.07) is 3.02. The van der Waals surface area contributed by atoms with Crippen molar-refractivity contribution in [2.45, 2.75) is 26.3 Å². The third kappa shape index (κ3) is 4.96. The summed E-state index contributed by atoms with van der Waals surface area (Å²) in [6.45, 7) is 4.01. The van der Waals surface area contributed by atoms with Gasteiger partial charge in [-0.25, -0.2) is 8.42 Å². The molecule has 0 aromatic heterocycles. The van der Waals surface area contributed by atoms with Crippen LogP contribution in [0.3, 0.4) is 0 Å². The maximum atomic E-state index is 12.7. The van der Waals surface area contributed by atoms with Gasteiger partial charge in [-0.3, -0.25) is 9.59 Å². The van der Waals surface area contributed by atoms with Crippen LogP contribution in [0.5, 0.6) is 0 Å². The van der Waals surface area contributed by atoms with Crippen molar-refractivity contribution in [1.29, 1.82) is 0 Å². The third-order valence-electron chi connectivity index (χ3n) is 4.31. The highest BCUT2D eigenvalue weighted by Crippen LogP contribution is 2.27. The fourth-order valence-electron chi connectivity index (χ4n) is 3.03. The van der Waals surface area contributed by atoms with E-state index in [9.17, 15) is 18.0 Å². The van der Waals surface area contributed by atoms with Gasteiger partial charge >= 0.3 is 11.8 Å². The summed E-state index contributed by atoms with van der Waals surface area (Å²) in [6.07, 6.45) is 0.315. The van der Waals surface area contributed by atoms with Crippen LogP contribution in [0.1, 0.15) is 17.5 Å². The van der Waals surface area contributed by atoms with Crippen molar-refractivity contribution >= 4 is 38.9 Å². The van der Waals surface area contributed by atoms with Crippen molar-refractivity contribution in [2.75, 3.05) is 37.1 Å². The van der Waals surface area contributed by atoms with Crippen LogP contribution in [-0.2, 0) is 24.2 Å². The topological polar surface area (TPSA) is 92.8 Å². The van der Waals surface area contributed by atoms with Crippen molar-refractivity contribution in [3.05, 3.63) is 28.3 Å². The fourth-order valence-corrected chi connectivity index (χ4v) is 5.13. The number of carbonyl (C=O) groups is 2. The number of carbonyl (C=O) groups excluding carboxylic acids is 2. The molecule has 0 bridgehead atoms. The number of hydrogen-bond donors (Lipinski definition) is 1. The summed E-state index contributed by atoms with van der Waals surface area (Å²) in [5.74, 6) is -1.77. The van der Waals surface area contributed by atoms with Crippen LogP contribution < -0.4 is 5.32 Å². The smallest absolute Gasteiger partial charge is 0.313 e. The minimum absolute atomic E-state index is 0.0128. The molecule has 1 atom stereocenters. The Hall–Kier alpha value is -1.64. The van der Waals surface area contributed by atoms with Gasteiger partial charge in [0.1, 0.15) is 0 Å². The molecule has 1 aliphatic rings. The molecular formula is C17H23ClN2O5S. The molecule has 0 aliphatic carbocycles. The fraction of sp³-hybridized carbons (Fsp3) is 0.529. The number of nitrogens with one attached hydrogen (secondary N) is 1. The maximum Gasteiger partial charge on any atom is 0.313 e. The Balaban J connectivity index is 2.18. The summed E-state index contributed by atoms with van der Waals surface area (Å²) >= 11 is 6.17. The molecule has 26 heavy (non-hydrogen) atoms. The van der Waals surface area contributed by atoms with E-state index in [0.29, 0.717) is 17.1 Å². The van der Waals surface area contributed by atoms with Gasteiger partial charge in [0.15, 0.2) is 9.84 Å². The molecule has 1 aliphatic heterocycles. The number of hydrogen-bond acceptors (Lipinski definition) is 5. The van der Waals surface area contributed by atoms with Gasteiger partial charge in [0.05, 0.1) is 28.8 Å². The van der Waals surface area contributed by atoms with Gasteiger partial charge in [-0.1, -0.05) is 17.7 Å². The van der Waals surface area contributed by atoms with Crippen molar-refractivity contribution in [3.63, 3.8) is 0 Å². The SMILES string of the molecule is COCCN(C(=O)C(=O)Nc1c(C)cc(C)cc1Cl)C1CCS(=O)(=O)C1. The van der Waals surface area contributed by atoms with Crippen LogP contribution >= 0.6 is 11.6 Å². The summed E-state index contributed by atoms with van der Waals surface area (Å²) < 4.78 is 28.5. The number of halogens is 1. The molecule has 1 fully saturated rings. The predicted octanol–water partition coefficient (Wildman–Crippen LogP) is 1.56. The van der Waals surface area contributed by atoms with Crippen molar-refractivity contribution in [3.8, 4) is 0 Å². The number of rotatable bonds is 5. The summed E-state index contributed by atoms with van der Waals surface area (Å²) in [5, 5.41) is 2.90. The van der Waals surface area contributed by atoms with Crippen LogP contribution in [0.15, 0.2) is 12.1 Å². The molecule has 1 aromatic carbocycles. The number of methoxy groups -OCH3 is 1. The van der Waals surface area contributed by atoms with E-state index in [2.05, 4.69) is 5.32 Å². The first-order valence-electron chi connectivity index (χ1n) is 8.22. The van der Waals surface area contributed by atoms with Crippen molar-refractivity contribution < 1.29 is 22.7 Å². The lowest BCUT2D eigenvalue weighted by Crippen LogP contribution is -2.48. The Morgan fingerprint density at radius 2 is 2.04 bits per heavy atom. The number of anilines is 1. The molecule has 7 nitrogen and oxygen atoms in total. The first-order chi connectivity index (χ1) is 12.1. The van der Waals surface area contributed by atoms with Gasteiger partial charge in [-0.05, 0) is 37.5 Å². The highest BCUT2D eigenvalue weighted by Gasteiger charge is 2.36. The lowest BCUT2D eigenvalue weighted by atomic mass is 10.1. The number of aryl methyl sites for hydroxylation is 2. The van der Waals surface area contributed by atoms with E-state index in [-0.39, 0.29) is 24.7 Å². The van der Waals surface area contributed by atoms with Gasteiger partial charge in [0, 0.05) is 19.7 Å². The van der Waals surface area contributed by atoms with Gasteiger partial charge in [0.25, 0.3) is 0 Å². The molecule has 0 spiro atoms. The molecule has 0 saturated carbocycles. The molecule has 0 radical (unpaired) electrons. The standard InChI is InChI=1S/C17H23ClN2O5S/c1-11-8-12(2)15(14(18)9-11)19-16(21)17(22)20(5-6-25-3)13-4-7-26(23,24)10-13/h8-9,13H,4-7,10H2,1-3H3,(H,19,21). The van der Waals surface area contributed by atoms with Gasteiger partial charge < -0.3 is 15.0 Å². The van der Waals surface area contributed by atoms with Gasteiger partial charge in [0.2, 0.25) is 0 Å². The van der Waals surface area contributed by atoms with Gasteiger partial charge in [-0.2, -0.15) is 0 Å². The molecule has 1 unspecified atom stereocenters. The zero-order valence-corrected chi connectivity index (χ0v) is 16.6. The summed E-state index contributed by atoms with van der Waals surface area (Å²) in [4.78, 5) is 26.4. The minimum Gasteiger partial charge on any atom is -0.383 e. The normalized spacial score (nSPS) is 18.5. The molecule has 144 valence electrons. The summed E-state index contributed by atoms with van der Waals surface area (Å²) in [7, 11) is -1.71. The Morgan fingerprint density at radius 3 is 2.58 bits per heavy atom. The average molecular weight is 403 g/mol. The zero-order valence-electron chi connectivity index (χ0n) is 15.0. The van der Waals surface area contributed by atoms with Crippen LogP contribution in [0.2, 0.25) is 5.02 Å². The summed E-state index contributed by atoms with van der Waals surface area (Å²) in [5.41, 5.74) is 2.05. The Labute approximate surface area is 158 Å². The van der Waals surface area contributed by atoms with Crippen molar-refractivity contribution in [2.24, 2.45) is 0 Å². The van der Waals surface area contributed by atoms with E-state index in [1.165, 1.54) is 12.0 Å². The molecule has 1 N–H and O–H groups in total. The molecule has 2 amide bonds. The molecule has 9 heteroatoms. The molecule has 1 saturated heterocycles. The van der Waals surface area contributed by atoms with E-state index < -0.39 is 27.7 Å². The number of sulfone groups is 1. The second-order valence-corrected chi connectivity index (χ2v) is 9.08. The molecular weight excluding hydrogens is 380 g/mol. The first kappa shape index (κ1) is 20.7. The second kappa shape index (κ2) is 8.37. The molecule has 2 rings (SSSR count).